The Morgan fingerprint density at radius 3 is 2.24 bits per heavy atom. The molecule has 0 aromatic heterocycles. The Hall–Kier alpha value is 0.0938. The van der Waals surface area contributed by atoms with Gasteiger partial charge in [0.15, 0.2) is 0 Å². The van der Waals surface area contributed by atoms with Crippen LogP contribution in [-0.4, -0.2) is 44.1 Å². The van der Waals surface area contributed by atoms with E-state index in [0.717, 1.165) is 40.1 Å². The molecule has 2 heterocycles. The lowest BCUT2D eigenvalue weighted by atomic mass is 10.0. The van der Waals surface area contributed by atoms with Crippen molar-refractivity contribution in [2.75, 3.05) is 13.2 Å². The van der Waals surface area contributed by atoms with E-state index in [-0.39, 0.29) is 10.4 Å². The Morgan fingerprint density at radius 1 is 0.941 bits per heavy atom. The minimum absolute atomic E-state index is 0.130. The van der Waals surface area contributed by atoms with Crippen LogP contribution in [0, 0.1) is 0 Å². The van der Waals surface area contributed by atoms with E-state index in [9.17, 15) is 0 Å². The van der Waals surface area contributed by atoms with Gasteiger partial charge in [0.05, 0.1) is 10.4 Å². The summed E-state index contributed by atoms with van der Waals surface area (Å²) in [5, 5.41) is 0.353. The molecule has 0 aromatic rings. The van der Waals surface area contributed by atoms with Crippen molar-refractivity contribution >= 4 is 20.5 Å². The lowest BCUT2D eigenvalue weighted by Crippen LogP contribution is -2.37. The van der Waals surface area contributed by atoms with E-state index in [2.05, 4.69) is 12.2 Å². The SMILES string of the molecule is [SiH3]C1(C=CCC2([SiH3])CCCCO2)CCCCO1. The second-order valence-corrected chi connectivity index (χ2v) is 9.50. The monoisotopic (exact) mass is 270 g/mol. The smallest absolute Gasteiger partial charge is 0.0655 e. The van der Waals surface area contributed by atoms with Crippen LogP contribution in [0.3, 0.4) is 0 Å². The van der Waals surface area contributed by atoms with E-state index in [1.165, 1.54) is 38.5 Å². The fourth-order valence-corrected chi connectivity index (χ4v) is 4.38. The van der Waals surface area contributed by atoms with Gasteiger partial charge in [-0.2, -0.15) is 0 Å². The summed E-state index contributed by atoms with van der Waals surface area (Å²) in [4.78, 5) is 0. The first kappa shape index (κ1) is 13.5. The maximum atomic E-state index is 5.97. The molecule has 2 fully saturated rings. The van der Waals surface area contributed by atoms with E-state index in [1.54, 1.807) is 0 Å². The van der Waals surface area contributed by atoms with Crippen molar-refractivity contribution in [2.24, 2.45) is 0 Å². The van der Waals surface area contributed by atoms with E-state index >= 15 is 0 Å². The lowest BCUT2D eigenvalue weighted by Gasteiger charge is -2.34. The molecule has 2 rings (SSSR count). The number of hydrogen-bond donors (Lipinski definition) is 0. The van der Waals surface area contributed by atoms with Crippen LogP contribution in [0.15, 0.2) is 12.2 Å². The summed E-state index contributed by atoms with van der Waals surface area (Å²) < 4.78 is 11.9. The third kappa shape index (κ3) is 4.05. The van der Waals surface area contributed by atoms with Gasteiger partial charge in [-0.3, -0.25) is 0 Å². The van der Waals surface area contributed by atoms with Crippen LogP contribution in [-0.2, 0) is 9.47 Å². The minimum atomic E-state index is 0.130. The zero-order chi connectivity index (χ0) is 12.2. The van der Waals surface area contributed by atoms with E-state index in [1.807, 2.05) is 0 Å². The summed E-state index contributed by atoms with van der Waals surface area (Å²) >= 11 is 0. The second kappa shape index (κ2) is 5.82. The van der Waals surface area contributed by atoms with Gasteiger partial charge in [-0.15, -0.1) is 0 Å². The van der Waals surface area contributed by atoms with Crippen molar-refractivity contribution in [3.05, 3.63) is 12.2 Å². The van der Waals surface area contributed by atoms with E-state index < -0.39 is 0 Å². The average molecular weight is 271 g/mol. The fraction of sp³-hybridized carbons (Fsp3) is 0.846. The first-order chi connectivity index (χ1) is 8.12. The van der Waals surface area contributed by atoms with E-state index in [4.69, 9.17) is 9.47 Å². The highest BCUT2D eigenvalue weighted by Gasteiger charge is 2.28. The summed E-state index contributed by atoms with van der Waals surface area (Å²) in [6, 6.07) is 0. The van der Waals surface area contributed by atoms with E-state index in [0.29, 0.717) is 0 Å². The lowest BCUT2D eigenvalue weighted by molar-refractivity contribution is -0.0159. The summed E-state index contributed by atoms with van der Waals surface area (Å²) in [7, 11) is 2.26. The number of hydrogen-bond acceptors (Lipinski definition) is 2. The molecule has 0 radical (unpaired) electrons. The summed E-state index contributed by atoms with van der Waals surface area (Å²) in [6.45, 7) is 1.93. The zero-order valence-corrected chi connectivity index (χ0v) is 15.3. The molecule has 2 aliphatic rings. The standard InChI is InChI=1S/C13H26O2Si2/c16-12(6-1-3-10-14-12)8-5-9-13(17)7-2-4-11-15-13/h5,8H,1-4,6-7,9-11H2,16-17H3. The molecule has 2 saturated heterocycles. The third-order valence-electron chi connectivity index (χ3n) is 4.07. The van der Waals surface area contributed by atoms with Crippen LogP contribution < -0.4 is 0 Å². The Balaban J connectivity index is 1.83. The fourth-order valence-electron chi connectivity index (χ4n) is 2.80. The van der Waals surface area contributed by atoms with Crippen LogP contribution in [0.25, 0.3) is 0 Å². The predicted octanol–water partition coefficient (Wildman–Crippen LogP) is 0.457. The Morgan fingerprint density at radius 2 is 1.65 bits per heavy atom. The zero-order valence-electron chi connectivity index (χ0n) is 11.3. The van der Waals surface area contributed by atoms with Gasteiger partial charge in [0.25, 0.3) is 0 Å². The molecule has 17 heavy (non-hydrogen) atoms. The van der Waals surface area contributed by atoms with Gasteiger partial charge < -0.3 is 9.47 Å². The molecular formula is C13H26O2Si2. The number of ether oxygens (including phenoxy) is 2. The molecule has 98 valence electrons. The molecule has 0 aliphatic carbocycles. The van der Waals surface area contributed by atoms with Gasteiger partial charge >= 0.3 is 0 Å². The van der Waals surface area contributed by atoms with Crippen LogP contribution in [0.1, 0.15) is 44.9 Å². The van der Waals surface area contributed by atoms with Gasteiger partial charge in [-0.25, -0.2) is 0 Å². The predicted molar refractivity (Wildman–Crippen MR) is 78.7 cm³/mol. The molecule has 2 aliphatic heterocycles. The molecule has 0 saturated carbocycles. The molecule has 4 heteroatoms. The minimum Gasteiger partial charge on any atom is -0.379 e. The molecule has 0 aromatic carbocycles. The number of rotatable bonds is 3. The molecule has 0 bridgehead atoms. The molecule has 0 amide bonds. The van der Waals surface area contributed by atoms with Crippen molar-refractivity contribution < 1.29 is 9.47 Å². The van der Waals surface area contributed by atoms with Gasteiger partial charge in [-0.05, 0) is 44.9 Å². The van der Waals surface area contributed by atoms with Crippen molar-refractivity contribution in [3.8, 4) is 0 Å². The van der Waals surface area contributed by atoms with Crippen molar-refractivity contribution in [1.82, 2.24) is 0 Å². The summed E-state index contributed by atoms with van der Waals surface area (Å²) in [5.74, 6) is 0. The Kier molecular flexibility index (Phi) is 4.63. The summed E-state index contributed by atoms with van der Waals surface area (Å²) in [5.41, 5.74) is 0. The van der Waals surface area contributed by atoms with Crippen LogP contribution in [0.4, 0.5) is 0 Å². The topological polar surface area (TPSA) is 18.5 Å². The maximum Gasteiger partial charge on any atom is 0.0655 e. The van der Waals surface area contributed by atoms with Crippen LogP contribution >= 0.6 is 0 Å². The highest BCUT2D eigenvalue weighted by Crippen LogP contribution is 2.27. The van der Waals surface area contributed by atoms with Gasteiger partial charge in [0, 0.05) is 33.7 Å². The van der Waals surface area contributed by atoms with Crippen molar-refractivity contribution in [3.63, 3.8) is 0 Å². The van der Waals surface area contributed by atoms with Gasteiger partial charge in [0.2, 0.25) is 0 Å². The van der Waals surface area contributed by atoms with Crippen molar-refractivity contribution in [2.45, 2.75) is 55.4 Å². The first-order valence-corrected chi connectivity index (χ1v) is 9.08. The molecule has 2 atom stereocenters. The molecule has 0 N–H and O–H groups in total. The highest BCUT2D eigenvalue weighted by atomic mass is 28.1. The van der Waals surface area contributed by atoms with Gasteiger partial charge in [0.1, 0.15) is 0 Å². The summed E-state index contributed by atoms with van der Waals surface area (Å²) in [6.07, 6.45) is 13.5. The molecule has 2 unspecified atom stereocenters. The molecule has 2 nitrogen and oxygen atoms in total. The molecular weight excluding hydrogens is 244 g/mol. The first-order valence-electron chi connectivity index (χ1n) is 7.08. The Labute approximate surface area is 111 Å². The third-order valence-corrected chi connectivity index (χ3v) is 6.39. The largest absolute Gasteiger partial charge is 0.379 e. The normalized spacial score (nSPS) is 40.0. The van der Waals surface area contributed by atoms with Crippen LogP contribution in [0.5, 0.6) is 0 Å². The second-order valence-electron chi connectivity index (χ2n) is 5.98. The van der Waals surface area contributed by atoms with Crippen LogP contribution in [0.2, 0.25) is 0 Å². The molecule has 0 spiro atoms. The Bertz CT molecular complexity index is 267. The maximum absolute atomic E-state index is 5.97. The average Bonchev–Trinajstić information content (AvgIpc) is 2.30. The van der Waals surface area contributed by atoms with Gasteiger partial charge in [-0.1, -0.05) is 12.2 Å². The quantitative estimate of drug-likeness (QED) is 0.548. The van der Waals surface area contributed by atoms with Crippen molar-refractivity contribution in [1.29, 1.82) is 0 Å². The highest BCUT2D eigenvalue weighted by molar-refractivity contribution is 6.16.